The van der Waals surface area contributed by atoms with Crippen molar-refractivity contribution in [1.29, 1.82) is 0 Å². The van der Waals surface area contributed by atoms with Crippen molar-refractivity contribution in [3.05, 3.63) is 230 Å². The number of aryl methyl sites for hydroxylation is 1. The average molecular weight is 750 g/mol. The highest BCUT2D eigenvalue weighted by molar-refractivity contribution is 6.98. The van der Waals surface area contributed by atoms with Crippen molar-refractivity contribution >= 4 is 83.3 Å². The van der Waals surface area contributed by atoms with Crippen LogP contribution < -0.4 is 21.3 Å². The Morgan fingerprint density at radius 3 is 1.58 bits per heavy atom. The van der Waals surface area contributed by atoms with Crippen molar-refractivity contribution in [2.24, 2.45) is 0 Å². The van der Waals surface area contributed by atoms with Gasteiger partial charge in [-0.3, -0.25) is 0 Å². The number of anilines is 3. The second-order valence-electron chi connectivity index (χ2n) is 15.7. The summed E-state index contributed by atoms with van der Waals surface area (Å²) in [6.45, 7) is 2.21. The molecular formula is C57H40BN. The fraction of sp³-hybridized carbons (Fsp3) is 0.0175. The summed E-state index contributed by atoms with van der Waals surface area (Å²) in [4.78, 5) is 2.47. The second-order valence-corrected chi connectivity index (χ2v) is 15.7. The number of benzene rings is 11. The molecule has 11 aromatic carbocycles. The molecule has 0 aliphatic rings. The summed E-state index contributed by atoms with van der Waals surface area (Å²) in [5, 5.41) is 10.2. The van der Waals surface area contributed by atoms with Crippen LogP contribution in [0.2, 0.25) is 0 Å². The zero-order chi connectivity index (χ0) is 39.3. The number of rotatable bonds is 8. The first-order valence-corrected chi connectivity index (χ1v) is 20.5. The van der Waals surface area contributed by atoms with Crippen LogP contribution in [0.15, 0.2) is 224 Å². The summed E-state index contributed by atoms with van der Waals surface area (Å²) in [5.74, 6) is 0. The lowest BCUT2D eigenvalue weighted by atomic mass is 9.35. The van der Waals surface area contributed by atoms with E-state index in [4.69, 9.17) is 0 Å². The fourth-order valence-corrected chi connectivity index (χ4v) is 9.39. The predicted molar refractivity (Wildman–Crippen MR) is 255 cm³/mol. The van der Waals surface area contributed by atoms with Gasteiger partial charge < -0.3 is 4.90 Å². The monoisotopic (exact) mass is 749 g/mol. The molecule has 0 saturated heterocycles. The van der Waals surface area contributed by atoms with Crippen molar-refractivity contribution in [2.45, 2.75) is 6.92 Å². The zero-order valence-corrected chi connectivity index (χ0v) is 32.9. The lowest BCUT2D eigenvalue weighted by Crippen LogP contribution is -2.52. The minimum atomic E-state index is 0.0486. The van der Waals surface area contributed by atoms with Gasteiger partial charge in [-0.05, 0) is 103 Å². The van der Waals surface area contributed by atoms with E-state index in [9.17, 15) is 0 Å². The van der Waals surface area contributed by atoms with E-state index in [1.54, 1.807) is 0 Å². The number of hydrogen-bond donors (Lipinski definition) is 0. The lowest BCUT2D eigenvalue weighted by Gasteiger charge is -2.29. The van der Waals surface area contributed by atoms with Gasteiger partial charge in [-0.2, -0.15) is 0 Å². The van der Waals surface area contributed by atoms with Crippen LogP contribution in [0, 0.1) is 6.92 Å². The van der Waals surface area contributed by atoms with Gasteiger partial charge in [0.05, 0.1) is 5.69 Å². The maximum absolute atomic E-state index is 2.47. The molecule has 276 valence electrons. The summed E-state index contributed by atoms with van der Waals surface area (Å²) in [5.41, 5.74) is 13.3. The summed E-state index contributed by atoms with van der Waals surface area (Å²) in [6.07, 6.45) is 0. The lowest BCUT2D eigenvalue weighted by molar-refractivity contribution is 1.29. The van der Waals surface area contributed by atoms with Crippen LogP contribution in [-0.2, 0) is 0 Å². The van der Waals surface area contributed by atoms with E-state index < -0.39 is 0 Å². The van der Waals surface area contributed by atoms with Gasteiger partial charge in [0.1, 0.15) is 0 Å². The topological polar surface area (TPSA) is 3.24 Å². The third-order valence-electron chi connectivity index (χ3n) is 12.2. The van der Waals surface area contributed by atoms with Gasteiger partial charge in [0.15, 0.2) is 0 Å². The van der Waals surface area contributed by atoms with Crippen molar-refractivity contribution in [3.8, 4) is 22.3 Å². The molecule has 0 N–H and O–H groups in total. The molecule has 0 spiro atoms. The molecule has 11 aromatic rings. The van der Waals surface area contributed by atoms with E-state index in [2.05, 4.69) is 236 Å². The molecule has 0 aromatic heterocycles. The highest BCUT2D eigenvalue weighted by atomic mass is 15.1. The first-order chi connectivity index (χ1) is 29.2. The predicted octanol–water partition coefficient (Wildman–Crippen LogP) is 13.4. The van der Waals surface area contributed by atoms with Crippen molar-refractivity contribution < 1.29 is 0 Å². The van der Waals surface area contributed by atoms with Crippen molar-refractivity contribution in [2.75, 3.05) is 4.90 Å². The summed E-state index contributed by atoms with van der Waals surface area (Å²) in [6, 6.07) is 82.9. The van der Waals surface area contributed by atoms with Gasteiger partial charge in [0.25, 0.3) is 0 Å². The van der Waals surface area contributed by atoms with Crippen LogP contribution in [0.1, 0.15) is 5.56 Å². The van der Waals surface area contributed by atoms with E-state index in [-0.39, 0.29) is 6.71 Å². The van der Waals surface area contributed by atoms with Crippen LogP contribution in [0.5, 0.6) is 0 Å². The van der Waals surface area contributed by atoms with E-state index >= 15 is 0 Å². The highest BCUT2D eigenvalue weighted by Crippen LogP contribution is 2.45. The normalized spacial score (nSPS) is 11.5. The Bertz CT molecular complexity index is 3200. The van der Waals surface area contributed by atoms with E-state index in [0.29, 0.717) is 0 Å². The third-order valence-corrected chi connectivity index (χ3v) is 12.2. The van der Waals surface area contributed by atoms with E-state index in [0.717, 1.165) is 17.1 Å². The van der Waals surface area contributed by atoms with Crippen molar-refractivity contribution in [3.63, 3.8) is 0 Å². The Kier molecular flexibility index (Phi) is 8.56. The molecule has 0 unspecified atom stereocenters. The van der Waals surface area contributed by atoms with E-state index in [1.807, 2.05) is 0 Å². The van der Waals surface area contributed by atoms with Gasteiger partial charge in [-0.25, -0.2) is 0 Å². The standard InChI is InChI=1S/C57H40BN/c1-39-24-30-48(31-25-39)59(49-37-45(40-14-5-2-6-15-40)36-46(38-49)41-16-7-3-8-17-41)55-35-29-44-26-32-51-54(34-28-43-27-33-52(55)57(44)56(43)51)58(47-20-9-4-10-21-47)53-23-13-19-42-18-11-12-22-50(42)53/h2-38H,1H3. The van der Waals surface area contributed by atoms with Crippen LogP contribution in [0.25, 0.3) is 65.3 Å². The zero-order valence-electron chi connectivity index (χ0n) is 32.9. The molecule has 0 fully saturated rings. The second kappa shape index (κ2) is 14.5. The molecule has 59 heavy (non-hydrogen) atoms. The smallest absolute Gasteiger partial charge is 0.242 e. The molecule has 1 nitrogen and oxygen atoms in total. The molecule has 0 aliphatic carbocycles. The third kappa shape index (κ3) is 6.13. The molecule has 0 bridgehead atoms. The highest BCUT2D eigenvalue weighted by Gasteiger charge is 2.27. The summed E-state index contributed by atoms with van der Waals surface area (Å²) >= 11 is 0. The first-order valence-electron chi connectivity index (χ1n) is 20.5. The number of nitrogens with zero attached hydrogens (tertiary/aromatic N) is 1. The van der Waals surface area contributed by atoms with Crippen LogP contribution in [-0.4, -0.2) is 6.71 Å². The number of hydrogen-bond acceptors (Lipinski definition) is 1. The van der Waals surface area contributed by atoms with Gasteiger partial charge in [0.2, 0.25) is 6.71 Å². The Balaban J connectivity index is 1.18. The first kappa shape index (κ1) is 34.8. The largest absolute Gasteiger partial charge is 0.310 e. The Morgan fingerprint density at radius 1 is 0.339 bits per heavy atom. The molecule has 0 aliphatic heterocycles. The maximum atomic E-state index is 2.47. The molecule has 0 saturated carbocycles. The SMILES string of the molecule is Cc1ccc(N(c2cc(-c3ccccc3)cc(-c3ccccc3)c2)c2ccc3ccc4c(B(c5ccccc5)c5cccc6ccccc56)ccc5ccc2c3c54)cc1. The average Bonchev–Trinajstić information content (AvgIpc) is 3.30. The van der Waals surface area contributed by atoms with Gasteiger partial charge in [-0.15, -0.1) is 0 Å². The minimum Gasteiger partial charge on any atom is -0.310 e. The van der Waals surface area contributed by atoms with Gasteiger partial charge >= 0.3 is 0 Å². The fourth-order valence-electron chi connectivity index (χ4n) is 9.39. The molecule has 11 rings (SSSR count). The molecule has 0 atom stereocenters. The number of fused-ring (bicyclic) bond motifs is 1. The van der Waals surface area contributed by atoms with Crippen LogP contribution in [0.4, 0.5) is 17.1 Å². The molecular weight excluding hydrogens is 709 g/mol. The van der Waals surface area contributed by atoms with Gasteiger partial charge in [0, 0.05) is 16.8 Å². The Morgan fingerprint density at radius 2 is 0.881 bits per heavy atom. The summed E-state index contributed by atoms with van der Waals surface area (Å²) < 4.78 is 0. The molecule has 2 heteroatoms. The van der Waals surface area contributed by atoms with Crippen LogP contribution in [0.3, 0.4) is 0 Å². The Hall–Kier alpha value is -7.42. The van der Waals surface area contributed by atoms with E-state index in [1.165, 1.54) is 87.3 Å². The maximum Gasteiger partial charge on any atom is 0.242 e. The minimum absolute atomic E-state index is 0.0486. The Labute approximate surface area is 345 Å². The van der Waals surface area contributed by atoms with Crippen LogP contribution >= 0.6 is 0 Å². The summed E-state index contributed by atoms with van der Waals surface area (Å²) in [7, 11) is 0. The van der Waals surface area contributed by atoms with Crippen molar-refractivity contribution in [1.82, 2.24) is 0 Å². The molecule has 0 radical (unpaired) electrons. The van der Waals surface area contributed by atoms with Gasteiger partial charge in [-0.1, -0.05) is 210 Å². The molecule has 0 amide bonds. The molecule has 0 heterocycles. The quantitative estimate of drug-likeness (QED) is 0.110.